The van der Waals surface area contributed by atoms with Crippen molar-refractivity contribution in [3.05, 3.63) is 22.7 Å². The van der Waals surface area contributed by atoms with Crippen LogP contribution in [0, 0.1) is 5.92 Å². The number of benzene rings is 1. The lowest BCUT2D eigenvalue weighted by atomic mass is 10.1. The summed E-state index contributed by atoms with van der Waals surface area (Å²) in [5, 5.41) is 9.68. The Morgan fingerprint density at radius 2 is 2.16 bits per heavy atom. The molecule has 5 nitrogen and oxygen atoms in total. The van der Waals surface area contributed by atoms with E-state index in [0.29, 0.717) is 10.2 Å². The average Bonchev–Trinajstić information content (AvgIpc) is 2.76. The minimum Gasteiger partial charge on any atom is -0.398 e. The van der Waals surface area contributed by atoms with Gasteiger partial charge in [-0.05, 0) is 52.9 Å². The summed E-state index contributed by atoms with van der Waals surface area (Å²) in [6, 6.07) is 4.49. The van der Waals surface area contributed by atoms with Crippen molar-refractivity contribution in [2.45, 2.75) is 30.3 Å². The quantitative estimate of drug-likeness (QED) is 0.718. The van der Waals surface area contributed by atoms with E-state index in [1.165, 1.54) is 12.1 Å². The predicted octanol–water partition coefficient (Wildman–Crippen LogP) is 1.47. The largest absolute Gasteiger partial charge is 0.398 e. The van der Waals surface area contributed by atoms with E-state index in [9.17, 15) is 13.5 Å². The standard InChI is InChI=1S/C12H17BrN2O3S/c13-10-6-9(4-5-11(10)14)19(17,18)15-7-8-2-1-3-12(8)16/h4-6,8,12,15-16H,1-3,7,14H2. The number of nitrogens with one attached hydrogen (secondary N) is 1. The lowest BCUT2D eigenvalue weighted by Gasteiger charge is -2.15. The summed E-state index contributed by atoms with van der Waals surface area (Å²) in [6.07, 6.45) is 2.15. The third-order valence-electron chi connectivity index (χ3n) is 3.44. The van der Waals surface area contributed by atoms with Crippen molar-refractivity contribution in [1.29, 1.82) is 0 Å². The SMILES string of the molecule is Nc1ccc(S(=O)(=O)NCC2CCCC2O)cc1Br. The van der Waals surface area contributed by atoms with Crippen molar-refractivity contribution in [1.82, 2.24) is 4.72 Å². The Kier molecular flexibility index (Phi) is 4.50. The molecule has 1 aliphatic rings. The maximum Gasteiger partial charge on any atom is 0.240 e. The number of sulfonamides is 1. The summed E-state index contributed by atoms with van der Waals surface area (Å²) in [5.74, 6) is 0.00648. The first kappa shape index (κ1) is 14.8. The second-order valence-corrected chi connectivity index (χ2v) is 7.41. The third-order valence-corrected chi connectivity index (χ3v) is 5.54. The van der Waals surface area contributed by atoms with E-state index in [0.717, 1.165) is 19.3 Å². The Bertz CT molecular complexity index is 562. The Labute approximate surface area is 121 Å². The highest BCUT2D eigenvalue weighted by atomic mass is 79.9. The molecule has 4 N–H and O–H groups in total. The third kappa shape index (κ3) is 3.47. The number of nitrogens with two attached hydrogens (primary N) is 1. The normalized spacial score (nSPS) is 23.7. The minimum atomic E-state index is -3.56. The molecule has 0 bridgehead atoms. The molecule has 19 heavy (non-hydrogen) atoms. The maximum absolute atomic E-state index is 12.1. The van der Waals surface area contributed by atoms with Crippen LogP contribution in [0.4, 0.5) is 5.69 Å². The molecule has 0 heterocycles. The van der Waals surface area contributed by atoms with E-state index in [1.54, 1.807) is 6.07 Å². The van der Waals surface area contributed by atoms with Crippen LogP contribution in [-0.4, -0.2) is 26.2 Å². The van der Waals surface area contributed by atoms with Gasteiger partial charge in [0.05, 0.1) is 11.0 Å². The highest BCUT2D eigenvalue weighted by Crippen LogP contribution is 2.26. The molecule has 0 amide bonds. The molecule has 0 radical (unpaired) electrons. The van der Waals surface area contributed by atoms with Gasteiger partial charge in [-0.3, -0.25) is 0 Å². The van der Waals surface area contributed by atoms with Crippen LogP contribution in [0.25, 0.3) is 0 Å². The summed E-state index contributed by atoms with van der Waals surface area (Å²) in [5.41, 5.74) is 6.12. The lowest BCUT2D eigenvalue weighted by Crippen LogP contribution is -2.32. The topological polar surface area (TPSA) is 92.4 Å². The van der Waals surface area contributed by atoms with Crippen molar-refractivity contribution in [3.63, 3.8) is 0 Å². The number of hydrogen-bond acceptors (Lipinski definition) is 4. The van der Waals surface area contributed by atoms with Gasteiger partial charge >= 0.3 is 0 Å². The van der Waals surface area contributed by atoms with Gasteiger partial charge in [0, 0.05) is 16.7 Å². The molecular weight excluding hydrogens is 332 g/mol. The molecule has 106 valence electrons. The van der Waals surface area contributed by atoms with Crippen molar-refractivity contribution >= 4 is 31.6 Å². The van der Waals surface area contributed by atoms with Crippen molar-refractivity contribution in [3.8, 4) is 0 Å². The number of rotatable bonds is 4. The Balaban J connectivity index is 2.07. The van der Waals surface area contributed by atoms with E-state index in [4.69, 9.17) is 5.73 Å². The molecule has 0 aromatic heterocycles. The predicted molar refractivity (Wildman–Crippen MR) is 77.1 cm³/mol. The van der Waals surface area contributed by atoms with Crippen LogP contribution >= 0.6 is 15.9 Å². The first-order valence-corrected chi connectivity index (χ1v) is 8.40. The van der Waals surface area contributed by atoms with Crippen LogP contribution in [-0.2, 0) is 10.0 Å². The van der Waals surface area contributed by atoms with Gasteiger partial charge in [0.1, 0.15) is 0 Å². The maximum atomic E-state index is 12.1. The van der Waals surface area contributed by atoms with Gasteiger partial charge in [-0.15, -0.1) is 0 Å². The highest BCUT2D eigenvalue weighted by Gasteiger charge is 2.27. The van der Waals surface area contributed by atoms with Crippen molar-refractivity contribution < 1.29 is 13.5 Å². The second kappa shape index (κ2) is 5.78. The Morgan fingerprint density at radius 3 is 2.74 bits per heavy atom. The average molecular weight is 349 g/mol. The summed E-state index contributed by atoms with van der Waals surface area (Å²) in [6.45, 7) is 0.269. The molecule has 0 saturated heterocycles. The van der Waals surface area contributed by atoms with Crippen LogP contribution in [0.15, 0.2) is 27.6 Å². The molecule has 0 aliphatic heterocycles. The number of halogens is 1. The molecule has 2 rings (SSSR count). The molecule has 1 aromatic rings. The molecule has 0 spiro atoms. The van der Waals surface area contributed by atoms with Crippen LogP contribution in [0.2, 0.25) is 0 Å². The van der Waals surface area contributed by atoms with E-state index in [2.05, 4.69) is 20.7 Å². The van der Waals surface area contributed by atoms with Crippen LogP contribution in [0.3, 0.4) is 0 Å². The monoisotopic (exact) mass is 348 g/mol. The van der Waals surface area contributed by atoms with Crippen molar-refractivity contribution in [2.24, 2.45) is 5.92 Å². The summed E-state index contributed by atoms with van der Waals surface area (Å²) in [7, 11) is -3.56. The fourth-order valence-electron chi connectivity index (χ4n) is 2.23. The van der Waals surface area contributed by atoms with Crippen LogP contribution < -0.4 is 10.5 Å². The van der Waals surface area contributed by atoms with Gasteiger partial charge < -0.3 is 10.8 Å². The van der Waals surface area contributed by atoms with Gasteiger partial charge in [0.2, 0.25) is 10.0 Å². The van der Waals surface area contributed by atoms with E-state index in [-0.39, 0.29) is 17.4 Å². The minimum absolute atomic E-state index is 0.00648. The summed E-state index contributed by atoms with van der Waals surface area (Å²) in [4.78, 5) is 0.168. The Hall–Kier alpha value is -0.630. The fourth-order valence-corrected chi connectivity index (χ4v) is 3.88. The van der Waals surface area contributed by atoms with Gasteiger partial charge in [-0.25, -0.2) is 13.1 Å². The van der Waals surface area contributed by atoms with Gasteiger partial charge in [0.15, 0.2) is 0 Å². The van der Waals surface area contributed by atoms with Gasteiger partial charge in [-0.2, -0.15) is 0 Å². The number of anilines is 1. The van der Waals surface area contributed by atoms with E-state index >= 15 is 0 Å². The molecular formula is C12H17BrN2O3S. The summed E-state index contributed by atoms with van der Waals surface area (Å²) >= 11 is 3.21. The zero-order chi connectivity index (χ0) is 14.0. The van der Waals surface area contributed by atoms with E-state index in [1.807, 2.05) is 0 Å². The molecule has 1 aromatic carbocycles. The molecule has 2 unspecified atom stereocenters. The van der Waals surface area contributed by atoms with Crippen LogP contribution in [0.5, 0.6) is 0 Å². The zero-order valence-corrected chi connectivity index (χ0v) is 12.7. The molecule has 1 fully saturated rings. The zero-order valence-electron chi connectivity index (χ0n) is 10.3. The second-order valence-electron chi connectivity index (χ2n) is 4.79. The number of aliphatic hydroxyl groups is 1. The van der Waals surface area contributed by atoms with Crippen molar-refractivity contribution in [2.75, 3.05) is 12.3 Å². The smallest absolute Gasteiger partial charge is 0.240 e. The molecule has 1 saturated carbocycles. The molecule has 7 heteroatoms. The number of hydrogen-bond donors (Lipinski definition) is 3. The van der Waals surface area contributed by atoms with Gasteiger partial charge in [0.25, 0.3) is 0 Å². The first-order chi connectivity index (χ1) is 8.90. The molecule has 2 atom stereocenters. The van der Waals surface area contributed by atoms with Crippen LogP contribution in [0.1, 0.15) is 19.3 Å². The number of nitrogen functional groups attached to an aromatic ring is 1. The summed E-state index contributed by atoms with van der Waals surface area (Å²) < 4.78 is 27.3. The Morgan fingerprint density at radius 1 is 1.42 bits per heavy atom. The first-order valence-electron chi connectivity index (χ1n) is 6.13. The highest BCUT2D eigenvalue weighted by molar-refractivity contribution is 9.10. The van der Waals surface area contributed by atoms with E-state index < -0.39 is 16.1 Å². The fraction of sp³-hybridized carbons (Fsp3) is 0.500. The molecule has 1 aliphatic carbocycles. The lowest BCUT2D eigenvalue weighted by molar-refractivity contribution is 0.134. The van der Waals surface area contributed by atoms with Gasteiger partial charge in [-0.1, -0.05) is 6.42 Å². The number of aliphatic hydroxyl groups excluding tert-OH is 1.